The summed E-state index contributed by atoms with van der Waals surface area (Å²) in [4.78, 5) is 12.9. The first-order valence-corrected chi connectivity index (χ1v) is 7.47. The van der Waals surface area contributed by atoms with Gasteiger partial charge < -0.3 is 10.0 Å². The lowest BCUT2D eigenvalue weighted by atomic mass is 9.97. The summed E-state index contributed by atoms with van der Waals surface area (Å²) in [7, 11) is 0. The number of aliphatic carboxylic acids is 1. The van der Waals surface area contributed by atoms with Crippen LogP contribution in [0.4, 0.5) is 19.0 Å². The number of aryl methyl sites for hydroxylation is 1. The van der Waals surface area contributed by atoms with Crippen LogP contribution in [0.1, 0.15) is 29.8 Å². The topological polar surface area (TPSA) is 83.6 Å². The number of piperidine rings is 1. The minimum Gasteiger partial charge on any atom is -0.481 e. The van der Waals surface area contributed by atoms with Crippen LogP contribution in [-0.2, 0) is 11.0 Å². The molecule has 0 radical (unpaired) electrons. The number of alkyl halides is 3. The number of fused-ring (bicyclic) bond motifs is 1. The molecule has 1 aliphatic rings. The molecule has 0 amide bonds. The molecule has 0 saturated carbocycles. The molecule has 3 rings (SSSR count). The maximum Gasteiger partial charge on any atom is 0.453 e. The van der Waals surface area contributed by atoms with E-state index in [9.17, 15) is 18.0 Å². The van der Waals surface area contributed by atoms with E-state index in [0.717, 1.165) is 10.1 Å². The number of hydrogen-bond acceptors (Lipinski definition) is 5. The third kappa shape index (κ3) is 2.65. The van der Waals surface area contributed by atoms with Gasteiger partial charge in [0.1, 0.15) is 0 Å². The number of carboxylic acids is 1. The number of aromatic nitrogens is 4. The molecule has 1 fully saturated rings. The van der Waals surface area contributed by atoms with Crippen molar-refractivity contribution in [1.82, 2.24) is 19.8 Å². The van der Waals surface area contributed by atoms with Crippen LogP contribution in [0.5, 0.6) is 0 Å². The van der Waals surface area contributed by atoms with Gasteiger partial charge in [-0.1, -0.05) is 0 Å². The van der Waals surface area contributed by atoms with Gasteiger partial charge in [-0.2, -0.15) is 17.7 Å². The molecule has 7 nitrogen and oxygen atoms in total. The smallest absolute Gasteiger partial charge is 0.453 e. The lowest BCUT2D eigenvalue weighted by Gasteiger charge is -2.32. The highest BCUT2D eigenvalue weighted by Crippen LogP contribution is 2.31. The molecular formula is C14H16F3N5O2. The van der Waals surface area contributed by atoms with Crippen LogP contribution >= 0.6 is 0 Å². The zero-order valence-electron chi connectivity index (χ0n) is 13.1. The number of carbonyl (C=O) groups is 1. The number of hydrogen-bond donors (Lipinski definition) is 1. The summed E-state index contributed by atoms with van der Waals surface area (Å²) in [5, 5.41) is 20.0. The molecule has 1 aliphatic heterocycles. The van der Waals surface area contributed by atoms with E-state index in [4.69, 9.17) is 5.11 Å². The number of rotatable bonds is 2. The van der Waals surface area contributed by atoms with E-state index in [-0.39, 0.29) is 5.65 Å². The minimum atomic E-state index is -4.65. The van der Waals surface area contributed by atoms with Crippen molar-refractivity contribution in [3.05, 3.63) is 17.0 Å². The van der Waals surface area contributed by atoms with Gasteiger partial charge in [-0.25, -0.2) is 0 Å². The number of carboxylic acid groups (broad SMARTS) is 1. The molecule has 24 heavy (non-hydrogen) atoms. The van der Waals surface area contributed by atoms with Crippen LogP contribution in [0, 0.1) is 19.8 Å². The van der Waals surface area contributed by atoms with Crippen molar-refractivity contribution in [2.45, 2.75) is 32.9 Å². The van der Waals surface area contributed by atoms with E-state index in [1.807, 2.05) is 4.90 Å². The van der Waals surface area contributed by atoms with Crippen molar-refractivity contribution in [2.75, 3.05) is 18.0 Å². The predicted molar refractivity (Wildman–Crippen MR) is 77.8 cm³/mol. The van der Waals surface area contributed by atoms with E-state index in [1.54, 1.807) is 13.8 Å². The maximum absolute atomic E-state index is 13.1. The van der Waals surface area contributed by atoms with Gasteiger partial charge in [0.2, 0.25) is 0 Å². The minimum absolute atomic E-state index is 0.0731. The first-order valence-electron chi connectivity index (χ1n) is 7.47. The Balaban J connectivity index is 2.02. The fourth-order valence-corrected chi connectivity index (χ4v) is 2.93. The summed E-state index contributed by atoms with van der Waals surface area (Å²) in [5.41, 5.74) is 1.37. The van der Waals surface area contributed by atoms with Crippen LogP contribution in [0.25, 0.3) is 5.65 Å². The number of anilines is 1. The Morgan fingerprint density at radius 1 is 1.17 bits per heavy atom. The third-order valence-corrected chi connectivity index (χ3v) is 4.47. The van der Waals surface area contributed by atoms with Gasteiger partial charge in [0, 0.05) is 24.2 Å². The molecule has 0 aliphatic carbocycles. The zero-order valence-corrected chi connectivity index (χ0v) is 13.1. The van der Waals surface area contributed by atoms with E-state index in [0.29, 0.717) is 37.3 Å². The molecule has 1 saturated heterocycles. The second kappa shape index (κ2) is 5.60. The SMILES string of the molecule is Cc1c(N2CCC(C(=O)O)CC2)nn2c(C(F)(F)F)nnc2c1C. The molecule has 2 aromatic rings. The molecule has 0 unspecified atom stereocenters. The van der Waals surface area contributed by atoms with E-state index in [2.05, 4.69) is 15.3 Å². The van der Waals surface area contributed by atoms with Crippen molar-refractivity contribution < 1.29 is 23.1 Å². The third-order valence-electron chi connectivity index (χ3n) is 4.47. The fourth-order valence-electron chi connectivity index (χ4n) is 2.93. The Morgan fingerprint density at radius 2 is 1.79 bits per heavy atom. The van der Waals surface area contributed by atoms with Crippen LogP contribution in [0.15, 0.2) is 0 Å². The van der Waals surface area contributed by atoms with Gasteiger partial charge in [0.05, 0.1) is 5.92 Å². The predicted octanol–water partition coefficient (Wildman–Crippen LogP) is 2.06. The van der Waals surface area contributed by atoms with Crippen LogP contribution in [0.3, 0.4) is 0 Å². The van der Waals surface area contributed by atoms with Crippen molar-refractivity contribution in [1.29, 1.82) is 0 Å². The molecule has 2 aromatic heterocycles. The summed E-state index contributed by atoms with van der Waals surface area (Å²) in [6.45, 7) is 4.30. The highest BCUT2D eigenvalue weighted by molar-refractivity contribution is 5.70. The largest absolute Gasteiger partial charge is 0.481 e. The molecule has 0 aromatic carbocycles. The average Bonchev–Trinajstić information content (AvgIpc) is 2.95. The Hall–Kier alpha value is -2.39. The Kier molecular flexibility index (Phi) is 3.84. The molecular weight excluding hydrogens is 327 g/mol. The molecule has 1 N–H and O–H groups in total. The van der Waals surface area contributed by atoms with Crippen molar-refractivity contribution in [3.8, 4) is 0 Å². The molecule has 0 atom stereocenters. The second-order valence-electron chi connectivity index (χ2n) is 5.93. The molecule has 3 heterocycles. The lowest BCUT2D eigenvalue weighted by molar-refractivity contribution is -0.146. The maximum atomic E-state index is 13.1. The average molecular weight is 343 g/mol. The standard InChI is InChI=1S/C14H16F3N5O2/c1-7-8(2)11(21-5-3-9(4-6-21)12(23)24)20-22-10(7)18-19-13(22)14(15,16)17/h9H,3-6H2,1-2H3,(H,23,24). The highest BCUT2D eigenvalue weighted by atomic mass is 19.4. The van der Waals surface area contributed by atoms with Crippen LogP contribution in [0.2, 0.25) is 0 Å². The fraction of sp³-hybridized carbons (Fsp3) is 0.571. The molecule has 130 valence electrons. The van der Waals surface area contributed by atoms with Crippen molar-refractivity contribution in [2.24, 2.45) is 5.92 Å². The normalized spacial score (nSPS) is 16.8. The van der Waals surface area contributed by atoms with E-state index < -0.39 is 23.9 Å². The lowest BCUT2D eigenvalue weighted by Crippen LogP contribution is -2.37. The van der Waals surface area contributed by atoms with Gasteiger partial charge >= 0.3 is 12.1 Å². The Morgan fingerprint density at radius 3 is 2.33 bits per heavy atom. The second-order valence-corrected chi connectivity index (χ2v) is 5.93. The van der Waals surface area contributed by atoms with E-state index >= 15 is 0 Å². The summed E-state index contributed by atoms with van der Waals surface area (Å²) in [5.74, 6) is -2.02. The van der Waals surface area contributed by atoms with E-state index in [1.165, 1.54) is 0 Å². The summed E-state index contributed by atoms with van der Waals surface area (Å²) < 4.78 is 39.9. The first kappa shape index (κ1) is 16.5. The zero-order chi connectivity index (χ0) is 17.6. The molecule has 10 heteroatoms. The van der Waals surface area contributed by atoms with Gasteiger partial charge in [-0.3, -0.25) is 4.79 Å². The van der Waals surface area contributed by atoms with Gasteiger partial charge in [-0.05, 0) is 26.7 Å². The van der Waals surface area contributed by atoms with Crippen LogP contribution < -0.4 is 4.90 Å². The Bertz CT molecular complexity index is 794. The van der Waals surface area contributed by atoms with Gasteiger partial charge in [0.25, 0.3) is 5.82 Å². The van der Waals surface area contributed by atoms with Crippen molar-refractivity contribution in [3.63, 3.8) is 0 Å². The molecule has 0 spiro atoms. The van der Waals surface area contributed by atoms with Crippen molar-refractivity contribution >= 4 is 17.4 Å². The molecule has 0 bridgehead atoms. The summed E-state index contributed by atoms with van der Waals surface area (Å²) in [6, 6.07) is 0. The number of nitrogens with zero attached hydrogens (tertiary/aromatic N) is 5. The van der Waals surface area contributed by atoms with Gasteiger partial charge in [0.15, 0.2) is 11.5 Å². The Labute approximate surface area is 135 Å². The van der Waals surface area contributed by atoms with Gasteiger partial charge in [-0.15, -0.1) is 15.3 Å². The highest BCUT2D eigenvalue weighted by Gasteiger charge is 2.38. The number of halogens is 3. The monoisotopic (exact) mass is 343 g/mol. The summed E-state index contributed by atoms with van der Waals surface area (Å²) in [6.07, 6.45) is -3.79. The first-order chi connectivity index (χ1) is 11.2. The quantitative estimate of drug-likeness (QED) is 0.899. The summed E-state index contributed by atoms with van der Waals surface area (Å²) >= 11 is 0. The van der Waals surface area contributed by atoms with Crippen LogP contribution in [-0.4, -0.2) is 44.0 Å².